The number of aryl methyl sites for hydroxylation is 1. The molecule has 2 aromatic heterocycles. The summed E-state index contributed by atoms with van der Waals surface area (Å²) in [5, 5.41) is 10.7. The van der Waals surface area contributed by atoms with E-state index in [1.54, 1.807) is 18.5 Å². The zero-order valence-corrected chi connectivity index (χ0v) is 9.92. The SMILES string of the molecule is Cc1ccncc1CNc1ccc(C(N)=O)nn1. The topological polar surface area (TPSA) is 93.8 Å². The molecular formula is C12H13N5O. The lowest BCUT2D eigenvalue weighted by molar-refractivity contribution is 0.0994. The second kappa shape index (κ2) is 5.22. The highest BCUT2D eigenvalue weighted by atomic mass is 16.1. The second-order valence-corrected chi connectivity index (χ2v) is 3.82. The number of carbonyl (C=O) groups is 1. The largest absolute Gasteiger partial charge is 0.364 e. The number of hydrogen-bond acceptors (Lipinski definition) is 5. The fourth-order valence-corrected chi connectivity index (χ4v) is 1.43. The molecule has 0 bridgehead atoms. The van der Waals surface area contributed by atoms with Gasteiger partial charge in [0, 0.05) is 18.9 Å². The van der Waals surface area contributed by atoms with Crippen molar-refractivity contribution in [1.82, 2.24) is 15.2 Å². The van der Waals surface area contributed by atoms with Crippen LogP contribution >= 0.6 is 0 Å². The molecule has 0 saturated carbocycles. The van der Waals surface area contributed by atoms with Crippen molar-refractivity contribution in [3.05, 3.63) is 47.4 Å². The summed E-state index contributed by atoms with van der Waals surface area (Å²) < 4.78 is 0. The van der Waals surface area contributed by atoms with E-state index in [0.717, 1.165) is 11.1 Å². The van der Waals surface area contributed by atoms with Crippen molar-refractivity contribution in [2.45, 2.75) is 13.5 Å². The smallest absolute Gasteiger partial charge is 0.269 e. The Morgan fingerprint density at radius 3 is 2.78 bits per heavy atom. The molecule has 6 heteroatoms. The van der Waals surface area contributed by atoms with Gasteiger partial charge in [0.05, 0.1) is 0 Å². The van der Waals surface area contributed by atoms with E-state index in [1.165, 1.54) is 6.07 Å². The molecule has 0 saturated heterocycles. The predicted octanol–water partition coefficient (Wildman–Crippen LogP) is 0.891. The van der Waals surface area contributed by atoms with E-state index in [9.17, 15) is 4.79 Å². The fraction of sp³-hybridized carbons (Fsp3) is 0.167. The molecule has 0 fully saturated rings. The Kier molecular flexibility index (Phi) is 3.47. The van der Waals surface area contributed by atoms with Crippen molar-refractivity contribution in [2.75, 3.05) is 5.32 Å². The summed E-state index contributed by atoms with van der Waals surface area (Å²) in [5.41, 5.74) is 7.46. The fourth-order valence-electron chi connectivity index (χ4n) is 1.43. The molecule has 0 unspecified atom stereocenters. The Bertz CT molecular complexity index is 553. The van der Waals surface area contributed by atoms with Crippen LogP contribution in [0.25, 0.3) is 0 Å². The van der Waals surface area contributed by atoms with Crippen molar-refractivity contribution in [1.29, 1.82) is 0 Å². The van der Waals surface area contributed by atoms with Gasteiger partial charge in [-0.3, -0.25) is 9.78 Å². The third-order valence-corrected chi connectivity index (χ3v) is 2.52. The summed E-state index contributed by atoms with van der Waals surface area (Å²) >= 11 is 0. The molecule has 0 aromatic carbocycles. The molecule has 0 radical (unpaired) electrons. The first-order valence-electron chi connectivity index (χ1n) is 5.43. The summed E-state index contributed by atoms with van der Waals surface area (Å²) in [5.74, 6) is 0.000377. The van der Waals surface area contributed by atoms with Gasteiger partial charge >= 0.3 is 0 Å². The molecule has 2 aromatic rings. The Labute approximate surface area is 104 Å². The van der Waals surface area contributed by atoms with Crippen LogP contribution in [0.5, 0.6) is 0 Å². The van der Waals surface area contributed by atoms with E-state index in [2.05, 4.69) is 20.5 Å². The first kappa shape index (κ1) is 12.0. The number of hydrogen-bond donors (Lipinski definition) is 2. The molecule has 6 nitrogen and oxygen atoms in total. The maximum atomic E-state index is 10.8. The average Bonchev–Trinajstić information content (AvgIpc) is 2.38. The molecule has 92 valence electrons. The van der Waals surface area contributed by atoms with Crippen LogP contribution < -0.4 is 11.1 Å². The van der Waals surface area contributed by atoms with Gasteiger partial charge in [0.2, 0.25) is 0 Å². The van der Waals surface area contributed by atoms with Gasteiger partial charge in [-0.15, -0.1) is 10.2 Å². The Balaban J connectivity index is 2.02. The van der Waals surface area contributed by atoms with Crippen LogP contribution in [0.3, 0.4) is 0 Å². The number of nitrogens with one attached hydrogen (secondary N) is 1. The van der Waals surface area contributed by atoms with Crippen molar-refractivity contribution in [2.24, 2.45) is 5.73 Å². The van der Waals surface area contributed by atoms with Crippen molar-refractivity contribution >= 4 is 11.7 Å². The Hall–Kier alpha value is -2.50. The number of primary amides is 1. The summed E-state index contributed by atoms with van der Waals surface area (Å²) in [6.07, 6.45) is 3.55. The molecule has 0 aliphatic heterocycles. The van der Waals surface area contributed by atoms with E-state index in [0.29, 0.717) is 12.4 Å². The van der Waals surface area contributed by atoms with E-state index < -0.39 is 5.91 Å². The maximum Gasteiger partial charge on any atom is 0.269 e. The molecule has 3 N–H and O–H groups in total. The van der Waals surface area contributed by atoms with Crippen LogP contribution in [0.4, 0.5) is 5.82 Å². The minimum absolute atomic E-state index is 0.151. The predicted molar refractivity (Wildman–Crippen MR) is 66.9 cm³/mol. The van der Waals surface area contributed by atoms with Gasteiger partial charge in [0.15, 0.2) is 5.69 Å². The summed E-state index contributed by atoms with van der Waals surface area (Å²) in [4.78, 5) is 14.9. The molecule has 1 amide bonds. The third-order valence-electron chi connectivity index (χ3n) is 2.52. The monoisotopic (exact) mass is 243 g/mol. The standard InChI is InChI=1S/C12H13N5O/c1-8-4-5-14-6-9(8)7-15-11-3-2-10(12(13)18)16-17-11/h2-6H,7H2,1H3,(H2,13,18)(H,15,17). The first-order valence-corrected chi connectivity index (χ1v) is 5.43. The summed E-state index contributed by atoms with van der Waals surface area (Å²) in [7, 11) is 0. The molecule has 2 heterocycles. The minimum atomic E-state index is -0.586. The van der Waals surface area contributed by atoms with Crippen LogP contribution in [0.15, 0.2) is 30.6 Å². The van der Waals surface area contributed by atoms with Crippen molar-refractivity contribution < 1.29 is 4.79 Å². The number of pyridine rings is 1. The van der Waals surface area contributed by atoms with Gasteiger partial charge in [-0.25, -0.2) is 0 Å². The number of nitrogens with two attached hydrogens (primary N) is 1. The van der Waals surface area contributed by atoms with Crippen LogP contribution in [0, 0.1) is 6.92 Å². The van der Waals surface area contributed by atoms with E-state index in [-0.39, 0.29) is 5.69 Å². The van der Waals surface area contributed by atoms with Gasteiger partial charge in [-0.05, 0) is 36.2 Å². The lowest BCUT2D eigenvalue weighted by atomic mass is 10.1. The zero-order valence-electron chi connectivity index (χ0n) is 9.92. The number of amides is 1. The highest BCUT2D eigenvalue weighted by Crippen LogP contribution is 2.08. The first-order chi connectivity index (χ1) is 8.66. The van der Waals surface area contributed by atoms with Crippen molar-refractivity contribution in [3.8, 4) is 0 Å². The molecule has 2 rings (SSSR count). The molecule has 0 aliphatic carbocycles. The number of nitrogens with zero attached hydrogens (tertiary/aromatic N) is 3. The third kappa shape index (κ3) is 2.79. The number of rotatable bonds is 4. The number of aromatic nitrogens is 3. The minimum Gasteiger partial charge on any atom is -0.364 e. The number of anilines is 1. The van der Waals surface area contributed by atoms with E-state index in [1.807, 2.05) is 13.0 Å². The second-order valence-electron chi connectivity index (χ2n) is 3.82. The van der Waals surface area contributed by atoms with Gasteiger partial charge in [0.25, 0.3) is 5.91 Å². The molecule has 18 heavy (non-hydrogen) atoms. The average molecular weight is 243 g/mol. The molecule has 0 aliphatic rings. The highest BCUT2D eigenvalue weighted by molar-refractivity contribution is 5.90. The van der Waals surface area contributed by atoms with Gasteiger partial charge < -0.3 is 11.1 Å². The quantitative estimate of drug-likeness (QED) is 0.831. The molecule has 0 spiro atoms. The van der Waals surface area contributed by atoms with Crippen molar-refractivity contribution in [3.63, 3.8) is 0 Å². The zero-order chi connectivity index (χ0) is 13.0. The molecular weight excluding hydrogens is 230 g/mol. The maximum absolute atomic E-state index is 10.8. The summed E-state index contributed by atoms with van der Waals surface area (Å²) in [6.45, 7) is 2.62. The normalized spacial score (nSPS) is 10.1. The van der Waals surface area contributed by atoms with Crippen LogP contribution in [-0.4, -0.2) is 21.1 Å². The van der Waals surface area contributed by atoms with Crippen LogP contribution in [0.1, 0.15) is 21.6 Å². The Morgan fingerprint density at radius 2 is 2.17 bits per heavy atom. The Morgan fingerprint density at radius 1 is 1.33 bits per heavy atom. The lowest BCUT2D eigenvalue weighted by Gasteiger charge is -2.07. The number of carbonyl (C=O) groups excluding carboxylic acids is 1. The van der Waals surface area contributed by atoms with E-state index in [4.69, 9.17) is 5.73 Å². The van der Waals surface area contributed by atoms with Gasteiger partial charge in [-0.2, -0.15) is 0 Å². The highest BCUT2D eigenvalue weighted by Gasteiger charge is 2.03. The lowest BCUT2D eigenvalue weighted by Crippen LogP contribution is -2.14. The van der Waals surface area contributed by atoms with Gasteiger partial charge in [0.1, 0.15) is 5.82 Å². The molecule has 0 atom stereocenters. The van der Waals surface area contributed by atoms with Crippen LogP contribution in [-0.2, 0) is 6.54 Å². The van der Waals surface area contributed by atoms with Crippen LogP contribution in [0.2, 0.25) is 0 Å². The van der Waals surface area contributed by atoms with E-state index >= 15 is 0 Å². The van der Waals surface area contributed by atoms with Gasteiger partial charge in [-0.1, -0.05) is 0 Å². The summed E-state index contributed by atoms with van der Waals surface area (Å²) in [6, 6.07) is 5.14.